The third-order valence-corrected chi connectivity index (χ3v) is 5.23. The van der Waals surface area contributed by atoms with Crippen molar-refractivity contribution in [2.45, 2.75) is 38.3 Å². The van der Waals surface area contributed by atoms with Crippen LogP contribution in [-0.2, 0) is 0 Å². The van der Waals surface area contributed by atoms with Gasteiger partial charge in [0.05, 0.1) is 6.54 Å². The Hall–Kier alpha value is -1.75. The molecule has 5 unspecified atom stereocenters. The van der Waals surface area contributed by atoms with Crippen molar-refractivity contribution in [3.63, 3.8) is 0 Å². The summed E-state index contributed by atoms with van der Waals surface area (Å²) in [6.07, 6.45) is 3.40. The number of para-hydroxylation sites is 1. The lowest BCUT2D eigenvalue weighted by atomic mass is 9.85. The van der Waals surface area contributed by atoms with E-state index in [9.17, 15) is 9.90 Å². The number of carbonyl (C=O) groups is 1. The molecule has 0 aromatic heterocycles. The summed E-state index contributed by atoms with van der Waals surface area (Å²) in [6, 6.07) is 9.54. The summed E-state index contributed by atoms with van der Waals surface area (Å²) < 4.78 is 5.74. The van der Waals surface area contributed by atoms with Crippen LogP contribution in [0.1, 0.15) is 26.2 Å². The van der Waals surface area contributed by atoms with Crippen molar-refractivity contribution >= 4 is 6.03 Å². The van der Waals surface area contributed by atoms with E-state index in [1.807, 2.05) is 37.3 Å². The maximum Gasteiger partial charge on any atom is 0.315 e. The first-order valence-corrected chi connectivity index (χ1v) is 8.54. The predicted octanol–water partition coefficient (Wildman–Crippen LogP) is 2.16. The molecule has 0 radical (unpaired) electrons. The van der Waals surface area contributed by atoms with Gasteiger partial charge in [0, 0.05) is 18.6 Å². The highest BCUT2D eigenvalue weighted by molar-refractivity contribution is 5.74. The van der Waals surface area contributed by atoms with Crippen molar-refractivity contribution in [2.75, 3.05) is 13.2 Å². The van der Waals surface area contributed by atoms with Crippen molar-refractivity contribution in [3.8, 4) is 5.75 Å². The second-order valence-electron chi connectivity index (χ2n) is 6.80. The van der Waals surface area contributed by atoms with Gasteiger partial charge in [0.2, 0.25) is 0 Å². The number of aliphatic hydroxyl groups is 1. The van der Waals surface area contributed by atoms with Gasteiger partial charge in [-0.3, -0.25) is 0 Å². The minimum Gasteiger partial charge on any atom is -0.489 e. The molecule has 2 bridgehead atoms. The minimum absolute atomic E-state index is 0.100. The Labute approximate surface area is 137 Å². The zero-order valence-corrected chi connectivity index (χ0v) is 13.6. The summed E-state index contributed by atoms with van der Waals surface area (Å²) in [6.45, 7) is 2.55. The number of amides is 2. The number of hydrogen-bond acceptors (Lipinski definition) is 3. The predicted molar refractivity (Wildman–Crippen MR) is 88.3 cm³/mol. The summed E-state index contributed by atoms with van der Waals surface area (Å²) >= 11 is 0. The first-order chi connectivity index (χ1) is 11.2. The number of carbonyl (C=O) groups excluding carboxylic acids is 1. The summed E-state index contributed by atoms with van der Waals surface area (Å²) in [5.41, 5.74) is 0. The molecule has 5 atom stereocenters. The fraction of sp³-hybridized carbons (Fsp3) is 0.611. The van der Waals surface area contributed by atoms with Crippen molar-refractivity contribution in [1.29, 1.82) is 0 Å². The van der Waals surface area contributed by atoms with E-state index in [0.29, 0.717) is 18.4 Å². The number of hydrogen-bond donors (Lipinski definition) is 3. The SMILES string of the molecule is CC(CNC(=O)NC1C2CCC(C2)C1CO)Oc1ccccc1. The number of fused-ring (bicyclic) bond motifs is 2. The molecule has 126 valence electrons. The molecule has 1 aromatic rings. The third-order valence-electron chi connectivity index (χ3n) is 5.23. The smallest absolute Gasteiger partial charge is 0.315 e. The van der Waals surface area contributed by atoms with Gasteiger partial charge in [0.1, 0.15) is 11.9 Å². The Morgan fingerprint density at radius 3 is 2.78 bits per heavy atom. The van der Waals surface area contributed by atoms with Crippen molar-refractivity contribution in [1.82, 2.24) is 10.6 Å². The highest BCUT2D eigenvalue weighted by Gasteiger charge is 2.47. The summed E-state index contributed by atoms with van der Waals surface area (Å²) in [5, 5.41) is 15.5. The van der Waals surface area contributed by atoms with Crippen LogP contribution in [0.15, 0.2) is 30.3 Å². The summed E-state index contributed by atoms with van der Waals surface area (Å²) in [4.78, 5) is 12.1. The van der Waals surface area contributed by atoms with Crippen LogP contribution in [0.2, 0.25) is 0 Å². The molecule has 2 saturated carbocycles. The molecular weight excluding hydrogens is 292 g/mol. The molecular formula is C18H26N2O3. The van der Waals surface area contributed by atoms with Gasteiger partial charge in [-0.25, -0.2) is 4.79 Å². The normalized spacial score (nSPS) is 30.0. The molecule has 2 fully saturated rings. The van der Waals surface area contributed by atoms with Gasteiger partial charge in [0.15, 0.2) is 0 Å². The molecule has 0 aliphatic heterocycles. The van der Waals surface area contributed by atoms with Crippen LogP contribution in [0.25, 0.3) is 0 Å². The average molecular weight is 318 g/mol. The van der Waals surface area contributed by atoms with Crippen LogP contribution < -0.4 is 15.4 Å². The lowest BCUT2D eigenvalue weighted by Gasteiger charge is -2.30. The van der Waals surface area contributed by atoms with E-state index in [4.69, 9.17) is 4.74 Å². The highest BCUT2D eigenvalue weighted by atomic mass is 16.5. The fourth-order valence-corrected chi connectivity index (χ4v) is 4.11. The van der Waals surface area contributed by atoms with E-state index in [1.165, 1.54) is 12.8 Å². The van der Waals surface area contributed by atoms with Crippen LogP contribution >= 0.6 is 0 Å². The number of benzene rings is 1. The van der Waals surface area contributed by atoms with Crippen molar-refractivity contribution < 1.29 is 14.6 Å². The third kappa shape index (κ3) is 3.78. The number of urea groups is 1. The van der Waals surface area contributed by atoms with Gasteiger partial charge in [-0.15, -0.1) is 0 Å². The summed E-state index contributed by atoms with van der Waals surface area (Å²) in [7, 11) is 0. The maximum absolute atomic E-state index is 12.1. The molecule has 5 heteroatoms. The van der Waals surface area contributed by atoms with E-state index in [1.54, 1.807) is 0 Å². The first-order valence-electron chi connectivity index (χ1n) is 8.54. The number of rotatable bonds is 6. The molecule has 5 nitrogen and oxygen atoms in total. The first kappa shape index (κ1) is 16.1. The van der Waals surface area contributed by atoms with Gasteiger partial charge in [-0.1, -0.05) is 18.2 Å². The number of aliphatic hydroxyl groups excluding tert-OH is 1. The molecule has 0 spiro atoms. The van der Waals surface area contributed by atoms with Crippen molar-refractivity contribution in [3.05, 3.63) is 30.3 Å². The molecule has 2 amide bonds. The Morgan fingerprint density at radius 2 is 2.04 bits per heavy atom. The highest BCUT2D eigenvalue weighted by Crippen LogP contribution is 2.48. The molecule has 2 aliphatic carbocycles. The van der Waals surface area contributed by atoms with Crippen LogP contribution in [0.4, 0.5) is 4.79 Å². The molecule has 3 rings (SSSR count). The zero-order valence-electron chi connectivity index (χ0n) is 13.6. The van der Waals surface area contributed by atoms with Gasteiger partial charge < -0.3 is 20.5 Å². The van der Waals surface area contributed by atoms with Crippen LogP contribution in [0, 0.1) is 17.8 Å². The maximum atomic E-state index is 12.1. The van der Waals surface area contributed by atoms with E-state index in [2.05, 4.69) is 10.6 Å². The zero-order chi connectivity index (χ0) is 16.2. The van der Waals surface area contributed by atoms with E-state index in [-0.39, 0.29) is 30.7 Å². The largest absolute Gasteiger partial charge is 0.489 e. The lowest BCUT2D eigenvalue weighted by Crippen LogP contribution is -2.50. The van der Waals surface area contributed by atoms with Gasteiger partial charge >= 0.3 is 6.03 Å². The van der Waals surface area contributed by atoms with E-state index in [0.717, 1.165) is 12.2 Å². The standard InChI is InChI=1S/C18H26N2O3/c1-12(23-15-5-3-2-4-6-15)10-19-18(22)20-17-14-8-7-13(9-14)16(17)11-21/h2-6,12-14,16-17,21H,7-11H2,1H3,(H2,19,20,22). The summed E-state index contributed by atoms with van der Waals surface area (Å²) in [5.74, 6) is 2.13. The van der Waals surface area contributed by atoms with Gasteiger partial charge in [-0.2, -0.15) is 0 Å². The molecule has 23 heavy (non-hydrogen) atoms. The second-order valence-corrected chi connectivity index (χ2v) is 6.80. The molecule has 3 N–H and O–H groups in total. The Morgan fingerprint density at radius 1 is 1.30 bits per heavy atom. The number of nitrogens with one attached hydrogen (secondary N) is 2. The lowest BCUT2D eigenvalue weighted by molar-refractivity contribution is 0.143. The van der Waals surface area contributed by atoms with Gasteiger partial charge in [0.25, 0.3) is 0 Å². The molecule has 0 heterocycles. The van der Waals surface area contributed by atoms with Crippen LogP contribution in [-0.4, -0.2) is 36.4 Å². The van der Waals surface area contributed by atoms with Crippen LogP contribution in [0.3, 0.4) is 0 Å². The molecule has 0 saturated heterocycles. The second kappa shape index (κ2) is 7.21. The monoisotopic (exact) mass is 318 g/mol. The van der Waals surface area contributed by atoms with Crippen molar-refractivity contribution in [2.24, 2.45) is 17.8 Å². The Kier molecular flexibility index (Phi) is 5.06. The number of ether oxygens (including phenoxy) is 1. The van der Waals surface area contributed by atoms with Gasteiger partial charge in [-0.05, 0) is 50.2 Å². The average Bonchev–Trinajstić information content (AvgIpc) is 3.15. The topological polar surface area (TPSA) is 70.6 Å². The minimum atomic E-state index is -0.162. The quantitative estimate of drug-likeness (QED) is 0.753. The molecule has 2 aliphatic rings. The van der Waals surface area contributed by atoms with E-state index >= 15 is 0 Å². The van der Waals surface area contributed by atoms with Crippen LogP contribution in [0.5, 0.6) is 5.75 Å². The Bertz CT molecular complexity index is 522. The van der Waals surface area contributed by atoms with E-state index < -0.39 is 0 Å². The molecule has 1 aromatic carbocycles. The Balaban J connectivity index is 1.43. The fourth-order valence-electron chi connectivity index (χ4n) is 4.11.